The average Bonchev–Trinajstić information content (AvgIpc) is 2.40. The first-order chi connectivity index (χ1) is 9.05. The highest BCUT2D eigenvalue weighted by atomic mass is 32.2. The van der Waals surface area contributed by atoms with Gasteiger partial charge in [0.25, 0.3) is 0 Å². The molecule has 1 aromatic carbocycles. The van der Waals surface area contributed by atoms with Crippen molar-refractivity contribution in [3.63, 3.8) is 0 Å². The highest BCUT2D eigenvalue weighted by Gasteiger charge is 2.13. The Labute approximate surface area is 116 Å². The van der Waals surface area contributed by atoms with Crippen molar-refractivity contribution >= 4 is 15.5 Å². The van der Waals surface area contributed by atoms with Crippen molar-refractivity contribution in [1.82, 2.24) is 0 Å². The molecule has 0 atom stereocenters. The van der Waals surface area contributed by atoms with E-state index in [1.807, 2.05) is 26.0 Å². The monoisotopic (exact) mass is 285 g/mol. The Morgan fingerprint density at radius 2 is 1.79 bits per heavy atom. The van der Waals surface area contributed by atoms with Crippen LogP contribution >= 0.6 is 0 Å². The Kier molecular flexibility index (Phi) is 6.31. The molecule has 0 aliphatic heterocycles. The number of hydrogen-bond donors (Lipinski definition) is 1. The first-order valence-electron chi connectivity index (χ1n) is 6.73. The molecule has 0 spiro atoms. The summed E-state index contributed by atoms with van der Waals surface area (Å²) in [6.45, 7) is 5.67. The molecule has 0 bridgehead atoms. The van der Waals surface area contributed by atoms with Crippen LogP contribution in [0.3, 0.4) is 0 Å². The SMILES string of the molecule is CCCS(=O)(=O)c1ccc(N(CC)CCCO)cc1. The molecule has 0 aromatic heterocycles. The maximum atomic E-state index is 11.9. The summed E-state index contributed by atoms with van der Waals surface area (Å²) in [7, 11) is -3.13. The van der Waals surface area contributed by atoms with E-state index >= 15 is 0 Å². The van der Waals surface area contributed by atoms with Gasteiger partial charge in [-0.25, -0.2) is 8.42 Å². The molecule has 0 saturated carbocycles. The van der Waals surface area contributed by atoms with Gasteiger partial charge < -0.3 is 10.0 Å². The number of aliphatic hydroxyl groups is 1. The molecule has 4 nitrogen and oxygen atoms in total. The normalized spacial score (nSPS) is 11.5. The zero-order valence-corrected chi connectivity index (χ0v) is 12.5. The van der Waals surface area contributed by atoms with Gasteiger partial charge in [0.1, 0.15) is 0 Å². The van der Waals surface area contributed by atoms with Gasteiger partial charge in [-0.15, -0.1) is 0 Å². The maximum absolute atomic E-state index is 11.9. The van der Waals surface area contributed by atoms with Gasteiger partial charge in [0.2, 0.25) is 0 Å². The van der Waals surface area contributed by atoms with E-state index in [9.17, 15) is 8.42 Å². The predicted molar refractivity (Wildman–Crippen MR) is 78.4 cm³/mol. The van der Waals surface area contributed by atoms with Crippen LogP contribution in [0.15, 0.2) is 29.2 Å². The van der Waals surface area contributed by atoms with E-state index in [0.29, 0.717) is 17.7 Å². The Morgan fingerprint density at radius 3 is 2.26 bits per heavy atom. The smallest absolute Gasteiger partial charge is 0.178 e. The van der Waals surface area contributed by atoms with Gasteiger partial charge in [-0.2, -0.15) is 0 Å². The second-order valence-corrected chi connectivity index (χ2v) is 6.58. The first-order valence-corrected chi connectivity index (χ1v) is 8.39. The summed E-state index contributed by atoms with van der Waals surface area (Å²) >= 11 is 0. The third kappa shape index (κ3) is 4.51. The topological polar surface area (TPSA) is 57.6 Å². The minimum atomic E-state index is -3.13. The molecule has 0 radical (unpaired) electrons. The average molecular weight is 285 g/mol. The molecule has 5 heteroatoms. The highest BCUT2D eigenvalue weighted by Crippen LogP contribution is 2.19. The highest BCUT2D eigenvalue weighted by molar-refractivity contribution is 7.91. The number of anilines is 1. The molecule has 0 amide bonds. The molecule has 1 aromatic rings. The van der Waals surface area contributed by atoms with Crippen molar-refractivity contribution in [3.8, 4) is 0 Å². The van der Waals surface area contributed by atoms with Crippen LogP contribution in [-0.4, -0.2) is 39.0 Å². The zero-order valence-electron chi connectivity index (χ0n) is 11.7. The van der Waals surface area contributed by atoms with Gasteiger partial charge in [-0.1, -0.05) is 6.92 Å². The predicted octanol–water partition coefficient (Wildman–Crippen LogP) is 2.08. The zero-order chi connectivity index (χ0) is 14.3. The molecule has 108 valence electrons. The van der Waals surface area contributed by atoms with Crippen LogP contribution < -0.4 is 4.90 Å². The van der Waals surface area contributed by atoms with Gasteiger partial charge in [-0.05, 0) is 44.0 Å². The number of nitrogens with zero attached hydrogens (tertiary/aromatic N) is 1. The summed E-state index contributed by atoms with van der Waals surface area (Å²) in [5.41, 5.74) is 0.992. The van der Waals surface area contributed by atoms with Crippen molar-refractivity contribution in [2.24, 2.45) is 0 Å². The third-order valence-electron chi connectivity index (χ3n) is 3.00. The van der Waals surface area contributed by atoms with Crippen LogP contribution in [0.4, 0.5) is 5.69 Å². The van der Waals surface area contributed by atoms with Gasteiger partial charge >= 0.3 is 0 Å². The molecule has 0 aliphatic carbocycles. The van der Waals surface area contributed by atoms with Gasteiger partial charge in [0, 0.05) is 25.4 Å². The standard InChI is InChI=1S/C14H23NO3S/c1-3-12-19(17,18)14-8-6-13(7-9-14)15(4-2)10-5-11-16/h6-9,16H,3-5,10-12H2,1-2H3. The number of aliphatic hydroxyl groups excluding tert-OH is 1. The molecule has 1 N–H and O–H groups in total. The summed E-state index contributed by atoms with van der Waals surface area (Å²) < 4.78 is 23.8. The van der Waals surface area contributed by atoms with Crippen LogP contribution in [0.2, 0.25) is 0 Å². The largest absolute Gasteiger partial charge is 0.396 e. The fourth-order valence-corrected chi connectivity index (χ4v) is 3.31. The van der Waals surface area contributed by atoms with Crippen LogP contribution in [0.25, 0.3) is 0 Å². The van der Waals surface area contributed by atoms with Crippen LogP contribution in [-0.2, 0) is 9.84 Å². The second-order valence-electron chi connectivity index (χ2n) is 4.47. The second kappa shape index (κ2) is 7.50. The van der Waals surface area contributed by atoms with E-state index in [-0.39, 0.29) is 12.4 Å². The van der Waals surface area contributed by atoms with E-state index in [2.05, 4.69) is 4.90 Å². The van der Waals surface area contributed by atoms with Crippen molar-refractivity contribution in [3.05, 3.63) is 24.3 Å². The van der Waals surface area contributed by atoms with Gasteiger partial charge in [0.15, 0.2) is 9.84 Å². The van der Waals surface area contributed by atoms with Crippen molar-refractivity contribution in [2.75, 3.05) is 30.3 Å². The number of benzene rings is 1. The lowest BCUT2D eigenvalue weighted by Gasteiger charge is -2.22. The lowest BCUT2D eigenvalue weighted by Crippen LogP contribution is -2.24. The van der Waals surface area contributed by atoms with E-state index in [1.165, 1.54) is 0 Å². The first kappa shape index (κ1) is 16.0. The van der Waals surface area contributed by atoms with E-state index in [1.54, 1.807) is 12.1 Å². The third-order valence-corrected chi connectivity index (χ3v) is 4.94. The van der Waals surface area contributed by atoms with E-state index < -0.39 is 9.84 Å². The van der Waals surface area contributed by atoms with E-state index in [0.717, 1.165) is 18.8 Å². The molecule has 0 saturated heterocycles. The summed E-state index contributed by atoms with van der Waals surface area (Å²) in [5.74, 6) is 0.189. The fourth-order valence-electron chi connectivity index (χ4n) is 1.98. The fraction of sp³-hybridized carbons (Fsp3) is 0.571. The quantitative estimate of drug-likeness (QED) is 0.794. The minimum absolute atomic E-state index is 0.166. The molecule has 1 rings (SSSR count). The molecule has 0 unspecified atom stereocenters. The van der Waals surface area contributed by atoms with Crippen LogP contribution in [0, 0.1) is 0 Å². The molecule has 0 heterocycles. The van der Waals surface area contributed by atoms with Crippen molar-refractivity contribution in [2.45, 2.75) is 31.6 Å². The molecule has 19 heavy (non-hydrogen) atoms. The minimum Gasteiger partial charge on any atom is -0.396 e. The molecule has 0 aliphatic rings. The molecular weight excluding hydrogens is 262 g/mol. The van der Waals surface area contributed by atoms with Gasteiger partial charge in [-0.3, -0.25) is 0 Å². The van der Waals surface area contributed by atoms with Crippen molar-refractivity contribution < 1.29 is 13.5 Å². The van der Waals surface area contributed by atoms with E-state index in [4.69, 9.17) is 5.11 Å². The lowest BCUT2D eigenvalue weighted by atomic mass is 10.2. The Morgan fingerprint density at radius 1 is 1.16 bits per heavy atom. The van der Waals surface area contributed by atoms with Crippen LogP contribution in [0.5, 0.6) is 0 Å². The number of sulfone groups is 1. The van der Waals surface area contributed by atoms with Crippen molar-refractivity contribution in [1.29, 1.82) is 0 Å². The lowest BCUT2D eigenvalue weighted by molar-refractivity contribution is 0.289. The Hall–Kier alpha value is -1.07. The molecular formula is C14H23NO3S. The number of rotatable bonds is 8. The summed E-state index contributed by atoms with van der Waals surface area (Å²) in [5, 5.41) is 8.86. The Balaban J connectivity index is 2.86. The Bertz CT molecular complexity index is 468. The maximum Gasteiger partial charge on any atom is 0.178 e. The summed E-state index contributed by atoms with van der Waals surface area (Å²) in [4.78, 5) is 2.50. The summed E-state index contributed by atoms with van der Waals surface area (Å²) in [6.07, 6.45) is 1.34. The molecule has 0 fully saturated rings. The van der Waals surface area contributed by atoms with Crippen LogP contribution in [0.1, 0.15) is 26.7 Å². The number of hydrogen-bond acceptors (Lipinski definition) is 4. The van der Waals surface area contributed by atoms with Gasteiger partial charge in [0.05, 0.1) is 10.6 Å². The summed E-state index contributed by atoms with van der Waals surface area (Å²) in [6, 6.07) is 7.01.